The maximum Gasteiger partial charge on any atom is 0.106 e. The van der Waals surface area contributed by atoms with Gasteiger partial charge in [0.2, 0.25) is 0 Å². The Balaban J connectivity index is 2.01. The summed E-state index contributed by atoms with van der Waals surface area (Å²) in [6.45, 7) is 2.82. The van der Waals surface area contributed by atoms with E-state index in [1.807, 2.05) is 23.7 Å². The summed E-state index contributed by atoms with van der Waals surface area (Å²) in [4.78, 5) is 4.22. The van der Waals surface area contributed by atoms with Gasteiger partial charge in [-0.2, -0.15) is 0 Å². The minimum absolute atomic E-state index is 0.170. The number of benzene rings is 1. The summed E-state index contributed by atoms with van der Waals surface area (Å²) >= 11 is 13.7. The molecule has 5 heteroatoms. The molecule has 0 saturated carbocycles. The van der Waals surface area contributed by atoms with Gasteiger partial charge in [0, 0.05) is 34.2 Å². The van der Waals surface area contributed by atoms with E-state index < -0.39 is 0 Å². The molecule has 1 N–H and O–H groups in total. The summed E-state index contributed by atoms with van der Waals surface area (Å²) in [5.74, 6) is 0. The Morgan fingerprint density at radius 3 is 2.88 bits per heavy atom. The van der Waals surface area contributed by atoms with E-state index in [9.17, 15) is 0 Å². The summed E-state index contributed by atoms with van der Waals surface area (Å²) in [7, 11) is 0. The van der Waals surface area contributed by atoms with Crippen LogP contribution in [0, 0.1) is 0 Å². The van der Waals surface area contributed by atoms with Crippen molar-refractivity contribution in [2.75, 3.05) is 0 Å². The van der Waals surface area contributed by atoms with Crippen molar-refractivity contribution in [3.63, 3.8) is 0 Å². The van der Waals surface area contributed by atoms with Gasteiger partial charge in [0.1, 0.15) is 5.01 Å². The van der Waals surface area contributed by atoms with E-state index in [4.69, 9.17) is 23.2 Å². The van der Waals surface area contributed by atoms with Crippen molar-refractivity contribution in [1.82, 2.24) is 10.3 Å². The Bertz CT molecular complexity index is 485. The number of halogens is 2. The second-order valence-corrected chi connectivity index (χ2v) is 5.52. The van der Waals surface area contributed by atoms with Crippen LogP contribution >= 0.6 is 34.5 Å². The van der Waals surface area contributed by atoms with Crippen LogP contribution in [0.3, 0.4) is 0 Å². The van der Waals surface area contributed by atoms with Gasteiger partial charge >= 0.3 is 0 Å². The predicted molar refractivity (Wildman–Crippen MR) is 73.8 cm³/mol. The molecule has 0 aliphatic rings. The summed E-state index contributed by atoms with van der Waals surface area (Å²) in [6, 6.07) is 5.73. The lowest BCUT2D eigenvalue weighted by atomic mass is 10.1. The first-order valence-corrected chi connectivity index (χ1v) is 6.87. The maximum atomic E-state index is 6.15. The third-order valence-corrected chi connectivity index (χ3v) is 3.81. The van der Waals surface area contributed by atoms with Crippen molar-refractivity contribution in [1.29, 1.82) is 0 Å². The second kappa shape index (κ2) is 5.83. The molecule has 2 nitrogen and oxygen atoms in total. The van der Waals surface area contributed by atoms with E-state index in [1.165, 1.54) is 0 Å². The van der Waals surface area contributed by atoms with Crippen molar-refractivity contribution >= 4 is 34.5 Å². The molecule has 0 bridgehead atoms. The molecule has 1 aromatic heterocycles. The fourth-order valence-electron chi connectivity index (χ4n) is 1.54. The summed E-state index contributed by atoms with van der Waals surface area (Å²) in [5.41, 5.74) is 1.05. The highest BCUT2D eigenvalue weighted by Gasteiger charge is 2.09. The molecular weight excluding hydrogens is 275 g/mol. The molecule has 0 fully saturated rings. The standard InChI is InChI=1S/C12H12Cl2N2S/c1-8(16-7-12-15-4-5-17-12)10-3-2-9(13)6-11(10)14/h2-6,8,16H,7H2,1H3/t8-/m0/s1. The Hall–Kier alpha value is -0.610. The first kappa shape index (κ1) is 12.8. The van der Waals surface area contributed by atoms with Crippen molar-refractivity contribution in [2.24, 2.45) is 0 Å². The van der Waals surface area contributed by atoms with Gasteiger partial charge in [-0.1, -0.05) is 29.3 Å². The average Bonchev–Trinajstić information content (AvgIpc) is 2.78. The molecule has 1 atom stereocenters. The van der Waals surface area contributed by atoms with Crippen LogP contribution in [0.5, 0.6) is 0 Å². The molecule has 0 saturated heterocycles. The molecule has 1 aromatic carbocycles. The zero-order chi connectivity index (χ0) is 12.3. The quantitative estimate of drug-likeness (QED) is 0.906. The van der Waals surface area contributed by atoms with Crippen LogP contribution in [0.25, 0.3) is 0 Å². The molecule has 2 aromatic rings. The number of nitrogens with one attached hydrogen (secondary N) is 1. The molecule has 0 radical (unpaired) electrons. The molecule has 90 valence electrons. The summed E-state index contributed by atoms with van der Waals surface area (Å²) < 4.78 is 0. The minimum Gasteiger partial charge on any atom is -0.304 e. The highest BCUT2D eigenvalue weighted by Crippen LogP contribution is 2.26. The van der Waals surface area contributed by atoms with E-state index in [0.717, 1.165) is 17.1 Å². The van der Waals surface area contributed by atoms with Crippen LogP contribution in [-0.2, 0) is 6.54 Å². The number of nitrogens with zero attached hydrogens (tertiary/aromatic N) is 1. The lowest BCUT2D eigenvalue weighted by molar-refractivity contribution is 0.573. The highest BCUT2D eigenvalue weighted by atomic mass is 35.5. The Kier molecular flexibility index (Phi) is 4.40. The number of rotatable bonds is 4. The van der Waals surface area contributed by atoms with Crippen molar-refractivity contribution in [3.05, 3.63) is 50.4 Å². The zero-order valence-corrected chi connectivity index (χ0v) is 11.6. The Labute approximate surface area is 115 Å². The normalized spacial score (nSPS) is 12.6. The van der Waals surface area contributed by atoms with Gasteiger partial charge in [-0.3, -0.25) is 0 Å². The SMILES string of the molecule is C[C@H](NCc1nccs1)c1ccc(Cl)cc1Cl. The smallest absolute Gasteiger partial charge is 0.106 e. The van der Waals surface area contributed by atoms with Crippen LogP contribution in [0.4, 0.5) is 0 Å². The molecular formula is C12H12Cl2N2S. The fraction of sp³-hybridized carbons (Fsp3) is 0.250. The number of aromatic nitrogens is 1. The van der Waals surface area contributed by atoms with Crippen LogP contribution in [-0.4, -0.2) is 4.98 Å². The average molecular weight is 287 g/mol. The molecule has 0 unspecified atom stereocenters. The van der Waals surface area contributed by atoms with Gasteiger partial charge in [0.25, 0.3) is 0 Å². The predicted octanol–water partition coefficient (Wildman–Crippen LogP) is 4.30. The first-order valence-electron chi connectivity index (χ1n) is 5.23. The molecule has 0 aliphatic heterocycles. The second-order valence-electron chi connectivity index (χ2n) is 3.69. The van der Waals surface area contributed by atoms with Gasteiger partial charge in [-0.05, 0) is 24.6 Å². The molecule has 17 heavy (non-hydrogen) atoms. The molecule has 1 heterocycles. The third kappa shape index (κ3) is 3.42. The van der Waals surface area contributed by atoms with E-state index in [0.29, 0.717) is 10.0 Å². The fourth-order valence-corrected chi connectivity index (χ4v) is 2.68. The monoisotopic (exact) mass is 286 g/mol. The van der Waals surface area contributed by atoms with E-state index >= 15 is 0 Å². The van der Waals surface area contributed by atoms with Crippen LogP contribution < -0.4 is 5.32 Å². The summed E-state index contributed by atoms with van der Waals surface area (Å²) in [5, 5.41) is 7.77. The zero-order valence-electron chi connectivity index (χ0n) is 9.28. The minimum atomic E-state index is 0.170. The van der Waals surface area contributed by atoms with Crippen LogP contribution in [0.2, 0.25) is 10.0 Å². The number of hydrogen-bond acceptors (Lipinski definition) is 3. The number of hydrogen-bond donors (Lipinski definition) is 1. The largest absolute Gasteiger partial charge is 0.304 e. The van der Waals surface area contributed by atoms with Crippen molar-refractivity contribution in [3.8, 4) is 0 Å². The van der Waals surface area contributed by atoms with Gasteiger partial charge in [-0.25, -0.2) is 4.98 Å². The van der Waals surface area contributed by atoms with Gasteiger partial charge in [0.05, 0.1) is 0 Å². The lowest BCUT2D eigenvalue weighted by Gasteiger charge is -2.15. The lowest BCUT2D eigenvalue weighted by Crippen LogP contribution is -2.18. The highest BCUT2D eigenvalue weighted by molar-refractivity contribution is 7.09. The molecule has 0 spiro atoms. The Morgan fingerprint density at radius 1 is 1.41 bits per heavy atom. The van der Waals surface area contributed by atoms with Crippen molar-refractivity contribution in [2.45, 2.75) is 19.5 Å². The molecule has 0 aliphatic carbocycles. The van der Waals surface area contributed by atoms with Crippen molar-refractivity contribution < 1.29 is 0 Å². The first-order chi connectivity index (χ1) is 8.16. The number of thiazole rings is 1. The van der Waals surface area contributed by atoms with E-state index in [2.05, 4.69) is 17.2 Å². The molecule has 2 rings (SSSR count). The van der Waals surface area contributed by atoms with Crippen LogP contribution in [0.15, 0.2) is 29.8 Å². The summed E-state index contributed by atoms with van der Waals surface area (Å²) in [6.07, 6.45) is 1.81. The topological polar surface area (TPSA) is 24.9 Å². The third-order valence-electron chi connectivity index (χ3n) is 2.47. The van der Waals surface area contributed by atoms with Crippen LogP contribution in [0.1, 0.15) is 23.5 Å². The van der Waals surface area contributed by atoms with E-state index in [1.54, 1.807) is 17.4 Å². The van der Waals surface area contributed by atoms with Gasteiger partial charge in [-0.15, -0.1) is 11.3 Å². The maximum absolute atomic E-state index is 6.15. The van der Waals surface area contributed by atoms with Gasteiger partial charge in [0.15, 0.2) is 0 Å². The Morgan fingerprint density at radius 2 is 2.24 bits per heavy atom. The van der Waals surface area contributed by atoms with E-state index in [-0.39, 0.29) is 6.04 Å². The molecule has 0 amide bonds. The van der Waals surface area contributed by atoms with Gasteiger partial charge < -0.3 is 5.32 Å².